The van der Waals surface area contributed by atoms with Gasteiger partial charge in [-0.25, -0.2) is 0 Å². The molecule has 8 aromatic carbocycles. The second-order valence-corrected chi connectivity index (χ2v) is 13.2. The number of hydrogen-bond acceptors (Lipinski definition) is 2. The monoisotopic (exact) mass is 629 g/mol. The first-order valence-electron chi connectivity index (χ1n) is 16.3. The summed E-state index contributed by atoms with van der Waals surface area (Å²) >= 11 is 1.89. The van der Waals surface area contributed by atoms with Crippen LogP contribution < -0.4 is 4.90 Å². The molecule has 0 spiro atoms. The van der Waals surface area contributed by atoms with Gasteiger partial charge in [0.2, 0.25) is 0 Å². The minimum absolute atomic E-state index is 1.12. The summed E-state index contributed by atoms with van der Waals surface area (Å²) in [5, 5.41) is 5.23. The molecule has 0 N–H and O–H groups in total. The Hall–Kier alpha value is -5.96. The molecule has 226 valence electrons. The van der Waals surface area contributed by atoms with Crippen LogP contribution in [0.2, 0.25) is 0 Å². The molecular formula is C46H31NS. The zero-order valence-corrected chi connectivity index (χ0v) is 27.1. The maximum Gasteiger partial charge on any atom is 0.0462 e. The van der Waals surface area contributed by atoms with Crippen molar-refractivity contribution in [2.75, 3.05) is 4.90 Å². The molecule has 0 saturated carbocycles. The summed E-state index contributed by atoms with van der Waals surface area (Å²) in [6.45, 7) is 0. The van der Waals surface area contributed by atoms with Gasteiger partial charge in [0.1, 0.15) is 0 Å². The van der Waals surface area contributed by atoms with Crippen LogP contribution in [-0.4, -0.2) is 0 Å². The molecular weight excluding hydrogens is 599 g/mol. The molecule has 0 bridgehead atoms. The maximum absolute atomic E-state index is 2.35. The van der Waals surface area contributed by atoms with E-state index in [-0.39, 0.29) is 0 Å². The van der Waals surface area contributed by atoms with Crippen molar-refractivity contribution >= 4 is 59.3 Å². The molecule has 0 aliphatic rings. The lowest BCUT2D eigenvalue weighted by molar-refractivity contribution is 1.28. The molecule has 0 fully saturated rings. The number of para-hydroxylation sites is 1. The fraction of sp³-hybridized carbons (Fsp3) is 0. The van der Waals surface area contributed by atoms with Gasteiger partial charge in [-0.15, -0.1) is 11.3 Å². The van der Waals surface area contributed by atoms with Crippen molar-refractivity contribution in [3.63, 3.8) is 0 Å². The van der Waals surface area contributed by atoms with Gasteiger partial charge in [0.05, 0.1) is 0 Å². The first-order valence-corrected chi connectivity index (χ1v) is 17.2. The van der Waals surface area contributed by atoms with E-state index in [1.807, 2.05) is 11.3 Å². The highest BCUT2D eigenvalue weighted by Crippen LogP contribution is 2.42. The smallest absolute Gasteiger partial charge is 0.0462 e. The second-order valence-electron chi connectivity index (χ2n) is 12.2. The molecule has 0 amide bonds. The predicted octanol–water partition coefficient (Wildman–Crippen LogP) is 13.7. The molecule has 1 aromatic heterocycles. The van der Waals surface area contributed by atoms with Crippen LogP contribution >= 0.6 is 11.3 Å². The van der Waals surface area contributed by atoms with Crippen LogP contribution in [0, 0.1) is 0 Å². The van der Waals surface area contributed by atoms with Crippen molar-refractivity contribution in [2.24, 2.45) is 0 Å². The molecule has 0 aliphatic heterocycles. The predicted molar refractivity (Wildman–Crippen MR) is 208 cm³/mol. The molecule has 1 nitrogen and oxygen atoms in total. The van der Waals surface area contributed by atoms with Crippen molar-refractivity contribution in [2.45, 2.75) is 0 Å². The summed E-state index contributed by atoms with van der Waals surface area (Å²) in [5.74, 6) is 0. The minimum atomic E-state index is 1.12. The van der Waals surface area contributed by atoms with E-state index < -0.39 is 0 Å². The van der Waals surface area contributed by atoms with Gasteiger partial charge >= 0.3 is 0 Å². The van der Waals surface area contributed by atoms with Crippen LogP contribution in [0.1, 0.15) is 0 Å². The van der Waals surface area contributed by atoms with Crippen LogP contribution in [0.25, 0.3) is 64.3 Å². The van der Waals surface area contributed by atoms with Crippen molar-refractivity contribution in [3.05, 3.63) is 188 Å². The van der Waals surface area contributed by atoms with E-state index in [1.54, 1.807) is 0 Å². The Morgan fingerprint density at radius 2 is 0.854 bits per heavy atom. The van der Waals surface area contributed by atoms with Gasteiger partial charge in [0.15, 0.2) is 0 Å². The summed E-state index contributed by atoms with van der Waals surface area (Å²) in [4.78, 5) is 2.33. The Kier molecular flexibility index (Phi) is 7.07. The van der Waals surface area contributed by atoms with Gasteiger partial charge in [0, 0.05) is 37.2 Å². The lowest BCUT2D eigenvalue weighted by atomic mass is 9.99. The van der Waals surface area contributed by atoms with Gasteiger partial charge < -0.3 is 4.90 Å². The van der Waals surface area contributed by atoms with Crippen LogP contribution in [0.5, 0.6) is 0 Å². The average Bonchev–Trinajstić information content (AvgIpc) is 3.53. The lowest BCUT2D eigenvalue weighted by Crippen LogP contribution is -2.09. The summed E-state index contributed by atoms with van der Waals surface area (Å²) in [5.41, 5.74) is 10.7. The number of anilines is 3. The van der Waals surface area contributed by atoms with Gasteiger partial charge in [-0.05, 0) is 98.8 Å². The third kappa shape index (κ3) is 5.13. The third-order valence-corrected chi connectivity index (χ3v) is 10.4. The van der Waals surface area contributed by atoms with Crippen molar-refractivity contribution in [3.8, 4) is 33.4 Å². The van der Waals surface area contributed by atoms with Crippen LogP contribution in [-0.2, 0) is 0 Å². The number of rotatable bonds is 6. The van der Waals surface area contributed by atoms with Gasteiger partial charge in [-0.2, -0.15) is 0 Å². The average molecular weight is 630 g/mol. The minimum Gasteiger partial charge on any atom is -0.311 e. The normalized spacial score (nSPS) is 11.3. The molecule has 1 heterocycles. The van der Waals surface area contributed by atoms with E-state index in [4.69, 9.17) is 0 Å². The van der Waals surface area contributed by atoms with Crippen molar-refractivity contribution in [1.29, 1.82) is 0 Å². The largest absolute Gasteiger partial charge is 0.311 e. The molecule has 0 atom stereocenters. The van der Waals surface area contributed by atoms with E-state index in [9.17, 15) is 0 Å². The summed E-state index contributed by atoms with van der Waals surface area (Å²) < 4.78 is 2.67. The van der Waals surface area contributed by atoms with E-state index in [1.165, 1.54) is 64.3 Å². The van der Waals surface area contributed by atoms with Gasteiger partial charge in [0.25, 0.3) is 0 Å². The Balaban J connectivity index is 1.07. The number of nitrogens with zero attached hydrogens (tertiary/aromatic N) is 1. The molecule has 0 saturated heterocycles. The second kappa shape index (κ2) is 12.0. The zero-order valence-electron chi connectivity index (χ0n) is 26.3. The number of benzene rings is 8. The highest BCUT2D eigenvalue weighted by Gasteiger charge is 2.15. The SMILES string of the molecule is c1ccc(-c2cccc(-c3ccc(N(c4ccccc4)c4ccc(-c5cccc6c5sc5cc7ccccc7cc56)cc4)cc3)c2)cc1. The quantitative estimate of drug-likeness (QED) is 0.177. The lowest BCUT2D eigenvalue weighted by Gasteiger charge is -2.26. The fourth-order valence-corrected chi connectivity index (χ4v) is 8.11. The Morgan fingerprint density at radius 3 is 1.54 bits per heavy atom. The summed E-state index contributed by atoms with van der Waals surface area (Å²) in [6, 6.07) is 68.0. The molecule has 48 heavy (non-hydrogen) atoms. The van der Waals surface area contributed by atoms with Crippen LogP contribution in [0.15, 0.2) is 188 Å². The Labute approximate surface area is 284 Å². The number of hydrogen-bond donors (Lipinski definition) is 0. The standard InChI is InChI=1S/C46H31NS/c1-3-11-32(12-4-1)35-15-9-16-36(29-35)33-21-25-40(26-22-33)47(39-17-5-2-6-18-39)41-27-23-34(24-28-41)42-19-10-20-43-44-30-37-13-7-8-14-38(37)31-45(44)48-46(42)43/h1-31H. The zero-order chi connectivity index (χ0) is 31.9. The first kappa shape index (κ1) is 28.3. The van der Waals surface area contributed by atoms with Crippen molar-refractivity contribution in [1.82, 2.24) is 0 Å². The van der Waals surface area contributed by atoms with Crippen molar-refractivity contribution < 1.29 is 0 Å². The molecule has 0 unspecified atom stereocenters. The van der Waals surface area contributed by atoms with Crippen LogP contribution in [0.4, 0.5) is 17.1 Å². The van der Waals surface area contributed by atoms with Gasteiger partial charge in [-0.3, -0.25) is 0 Å². The molecule has 9 rings (SSSR count). The molecule has 2 heteroatoms. The highest BCUT2D eigenvalue weighted by atomic mass is 32.1. The maximum atomic E-state index is 2.35. The Morgan fingerprint density at radius 1 is 0.333 bits per heavy atom. The number of thiophene rings is 1. The summed E-state index contributed by atoms with van der Waals surface area (Å²) in [6.07, 6.45) is 0. The highest BCUT2D eigenvalue weighted by molar-refractivity contribution is 7.26. The third-order valence-electron chi connectivity index (χ3n) is 9.24. The fourth-order valence-electron chi connectivity index (χ4n) is 6.84. The topological polar surface area (TPSA) is 3.24 Å². The molecule has 0 radical (unpaired) electrons. The van der Waals surface area contributed by atoms with E-state index in [2.05, 4.69) is 193 Å². The first-order chi connectivity index (χ1) is 23.8. The van der Waals surface area contributed by atoms with Crippen LogP contribution in [0.3, 0.4) is 0 Å². The molecule has 0 aliphatic carbocycles. The van der Waals surface area contributed by atoms with E-state index in [0.29, 0.717) is 0 Å². The van der Waals surface area contributed by atoms with Gasteiger partial charge in [-0.1, -0.05) is 133 Å². The van der Waals surface area contributed by atoms with E-state index >= 15 is 0 Å². The summed E-state index contributed by atoms with van der Waals surface area (Å²) in [7, 11) is 0. The van der Waals surface area contributed by atoms with E-state index in [0.717, 1.165) is 17.1 Å². The Bertz CT molecular complexity index is 2530. The number of fused-ring (bicyclic) bond motifs is 4. The molecule has 9 aromatic rings.